The quantitative estimate of drug-likeness (QED) is 0.736. The molecule has 5 nitrogen and oxygen atoms in total. The van der Waals surface area contributed by atoms with Gasteiger partial charge in [0.25, 0.3) is 0 Å². The minimum Gasteiger partial charge on any atom is -0.487 e. The third-order valence-electron chi connectivity index (χ3n) is 4.65. The highest BCUT2D eigenvalue weighted by Crippen LogP contribution is 2.25. The molecule has 6 heteroatoms. The maximum Gasteiger partial charge on any atom is 0.138 e. The third kappa shape index (κ3) is 3.89. The molecule has 0 atom stereocenters. The molecule has 0 radical (unpaired) electrons. The van der Waals surface area contributed by atoms with Crippen molar-refractivity contribution >= 4 is 11.6 Å². The first-order valence-corrected chi connectivity index (χ1v) is 9.25. The lowest BCUT2D eigenvalue weighted by Crippen LogP contribution is -2.29. The van der Waals surface area contributed by atoms with E-state index in [1.807, 2.05) is 42.6 Å². The van der Waals surface area contributed by atoms with Crippen molar-refractivity contribution in [2.24, 2.45) is 0 Å². The lowest BCUT2D eigenvalue weighted by Gasteiger charge is -2.22. The number of ether oxygens (including phenoxy) is 1. The second-order valence-corrected chi connectivity index (χ2v) is 6.86. The summed E-state index contributed by atoms with van der Waals surface area (Å²) in [6.45, 7) is 2.51. The molecule has 0 unspecified atom stereocenters. The molecule has 26 heavy (non-hydrogen) atoms. The highest BCUT2D eigenvalue weighted by Gasteiger charge is 2.16. The summed E-state index contributed by atoms with van der Waals surface area (Å²) in [5.74, 6) is 0.707. The van der Waals surface area contributed by atoms with Crippen LogP contribution in [-0.2, 0) is 6.61 Å². The Balaban J connectivity index is 1.47. The highest BCUT2D eigenvalue weighted by atomic mass is 35.5. The standard InChI is InChI=1S/C20H21ClN4O/c21-19-4-2-1-3-15(19)14-26-18-11-16(12-23-13-18)20-7-10-25(24-20)17-5-8-22-9-6-17/h1-4,7,10-13,17,22H,5-6,8-9,14H2. The first-order chi connectivity index (χ1) is 12.8. The van der Waals surface area contributed by atoms with Crippen molar-refractivity contribution < 1.29 is 4.74 Å². The first kappa shape index (κ1) is 17.1. The number of rotatable bonds is 5. The summed E-state index contributed by atoms with van der Waals surface area (Å²) in [5.41, 5.74) is 2.82. The fourth-order valence-electron chi connectivity index (χ4n) is 3.18. The van der Waals surface area contributed by atoms with Crippen LogP contribution in [0.25, 0.3) is 11.3 Å². The molecule has 0 saturated carbocycles. The van der Waals surface area contributed by atoms with Crippen LogP contribution in [0.4, 0.5) is 0 Å². The van der Waals surface area contributed by atoms with E-state index < -0.39 is 0 Å². The SMILES string of the molecule is Clc1ccccc1COc1cncc(-c2ccn(C3CCNCC3)n2)c1. The molecular formula is C20H21ClN4O. The van der Waals surface area contributed by atoms with E-state index in [2.05, 4.69) is 21.2 Å². The summed E-state index contributed by atoms with van der Waals surface area (Å²) in [5, 5.41) is 8.84. The van der Waals surface area contributed by atoms with Gasteiger partial charge >= 0.3 is 0 Å². The fraction of sp³-hybridized carbons (Fsp3) is 0.300. The highest BCUT2D eigenvalue weighted by molar-refractivity contribution is 6.31. The Bertz CT molecular complexity index is 874. The van der Waals surface area contributed by atoms with Crippen LogP contribution in [0, 0.1) is 0 Å². The third-order valence-corrected chi connectivity index (χ3v) is 5.02. The molecule has 3 aromatic rings. The van der Waals surface area contributed by atoms with Crippen molar-refractivity contribution in [3.8, 4) is 17.0 Å². The van der Waals surface area contributed by atoms with Crippen molar-refractivity contribution in [3.05, 3.63) is 65.6 Å². The van der Waals surface area contributed by atoms with Gasteiger partial charge in [-0.15, -0.1) is 0 Å². The summed E-state index contributed by atoms with van der Waals surface area (Å²) in [6, 6.07) is 12.2. The Morgan fingerprint density at radius 2 is 2.00 bits per heavy atom. The number of nitrogens with zero attached hydrogens (tertiary/aromatic N) is 3. The molecule has 0 aliphatic carbocycles. The summed E-state index contributed by atoms with van der Waals surface area (Å²) in [7, 11) is 0. The predicted octanol–water partition coefficient (Wildman–Crippen LogP) is 4.10. The summed E-state index contributed by atoms with van der Waals surface area (Å²) in [4.78, 5) is 4.30. The van der Waals surface area contributed by atoms with Gasteiger partial charge in [-0.05, 0) is 44.1 Å². The molecular weight excluding hydrogens is 348 g/mol. The number of hydrogen-bond donors (Lipinski definition) is 1. The summed E-state index contributed by atoms with van der Waals surface area (Å²) in [6.07, 6.45) is 7.81. The lowest BCUT2D eigenvalue weighted by molar-refractivity contribution is 0.305. The number of nitrogens with one attached hydrogen (secondary N) is 1. The van der Waals surface area contributed by atoms with E-state index in [-0.39, 0.29) is 0 Å². The fourth-order valence-corrected chi connectivity index (χ4v) is 3.37. The smallest absolute Gasteiger partial charge is 0.138 e. The average molecular weight is 369 g/mol. The van der Waals surface area contributed by atoms with Gasteiger partial charge in [0.2, 0.25) is 0 Å². The molecule has 1 aliphatic heterocycles. The zero-order valence-electron chi connectivity index (χ0n) is 14.4. The lowest BCUT2D eigenvalue weighted by atomic mass is 10.1. The number of hydrogen-bond acceptors (Lipinski definition) is 4. The summed E-state index contributed by atoms with van der Waals surface area (Å²) < 4.78 is 7.95. The van der Waals surface area contributed by atoms with Gasteiger partial charge in [-0.25, -0.2) is 0 Å². The second kappa shape index (κ2) is 7.89. The van der Waals surface area contributed by atoms with E-state index in [1.54, 1.807) is 6.20 Å². The van der Waals surface area contributed by atoms with E-state index in [0.29, 0.717) is 23.4 Å². The molecule has 1 aromatic carbocycles. The molecule has 1 saturated heterocycles. The number of aromatic nitrogens is 3. The molecule has 1 N–H and O–H groups in total. The van der Waals surface area contributed by atoms with Gasteiger partial charge in [-0.2, -0.15) is 5.10 Å². The molecule has 0 amide bonds. The topological polar surface area (TPSA) is 52.0 Å². The van der Waals surface area contributed by atoms with Gasteiger partial charge in [-0.1, -0.05) is 29.8 Å². The van der Waals surface area contributed by atoms with E-state index in [9.17, 15) is 0 Å². The molecule has 1 aliphatic rings. The Labute approximate surface area is 158 Å². The Morgan fingerprint density at radius 1 is 1.15 bits per heavy atom. The van der Waals surface area contributed by atoms with E-state index in [1.165, 1.54) is 0 Å². The van der Waals surface area contributed by atoms with E-state index >= 15 is 0 Å². The normalized spacial score (nSPS) is 15.1. The zero-order chi connectivity index (χ0) is 17.8. The molecule has 3 heterocycles. The van der Waals surface area contributed by atoms with Crippen molar-refractivity contribution in [1.82, 2.24) is 20.1 Å². The van der Waals surface area contributed by atoms with Crippen molar-refractivity contribution in [1.29, 1.82) is 0 Å². The maximum atomic E-state index is 6.18. The monoisotopic (exact) mass is 368 g/mol. The molecule has 2 aromatic heterocycles. The van der Waals surface area contributed by atoms with Crippen LogP contribution < -0.4 is 10.1 Å². The average Bonchev–Trinajstić information content (AvgIpc) is 3.19. The molecule has 0 spiro atoms. The Kier molecular flexibility index (Phi) is 5.18. The number of benzene rings is 1. The summed E-state index contributed by atoms with van der Waals surface area (Å²) >= 11 is 6.18. The van der Waals surface area contributed by atoms with Gasteiger partial charge < -0.3 is 10.1 Å². The maximum absolute atomic E-state index is 6.18. The van der Waals surface area contributed by atoms with Gasteiger partial charge in [-0.3, -0.25) is 9.67 Å². The largest absolute Gasteiger partial charge is 0.487 e. The Hall–Kier alpha value is -2.37. The van der Waals surface area contributed by atoms with Crippen molar-refractivity contribution in [2.75, 3.05) is 13.1 Å². The van der Waals surface area contributed by atoms with Crippen LogP contribution in [0.5, 0.6) is 5.75 Å². The molecule has 0 bridgehead atoms. The van der Waals surface area contributed by atoms with Gasteiger partial charge in [0.15, 0.2) is 0 Å². The minimum atomic E-state index is 0.411. The van der Waals surface area contributed by atoms with Crippen LogP contribution in [0.1, 0.15) is 24.4 Å². The molecule has 1 fully saturated rings. The molecule has 134 valence electrons. The van der Waals surface area contributed by atoms with Gasteiger partial charge in [0.1, 0.15) is 12.4 Å². The van der Waals surface area contributed by atoms with Crippen LogP contribution in [0.2, 0.25) is 5.02 Å². The Morgan fingerprint density at radius 3 is 2.85 bits per heavy atom. The number of halogens is 1. The number of pyridine rings is 1. The predicted molar refractivity (Wildman–Crippen MR) is 102 cm³/mol. The first-order valence-electron chi connectivity index (χ1n) is 8.87. The minimum absolute atomic E-state index is 0.411. The van der Waals surface area contributed by atoms with Gasteiger partial charge in [0.05, 0.1) is 17.9 Å². The van der Waals surface area contributed by atoms with Gasteiger partial charge in [0, 0.05) is 28.5 Å². The van der Waals surface area contributed by atoms with E-state index in [0.717, 1.165) is 42.8 Å². The van der Waals surface area contributed by atoms with Crippen LogP contribution >= 0.6 is 11.6 Å². The van der Waals surface area contributed by atoms with Crippen LogP contribution in [-0.4, -0.2) is 27.9 Å². The van der Waals surface area contributed by atoms with Crippen molar-refractivity contribution in [3.63, 3.8) is 0 Å². The zero-order valence-corrected chi connectivity index (χ0v) is 15.2. The van der Waals surface area contributed by atoms with E-state index in [4.69, 9.17) is 21.4 Å². The van der Waals surface area contributed by atoms with Crippen LogP contribution in [0.15, 0.2) is 55.0 Å². The van der Waals surface area contributed by atoms with Crippen LogP contribution in [0.3, 0.4) is 0 Å². The van der Waals surface area contributed by atoms with Crippen molar-refractivity contribution in [2.45, 2.75) is 25.5 Å². The number of piperidine rings is 1. The molecule has 4 rings (SSSR count). The second-order valence-electron chi connectivity index (χ2n) is 6.45.